The Morgan fingerprint density at radius 2 is 1.86 bits per heavy atom. The third kappa shape index (κ3) is 6.12. The highest BCUT2D eigenvalue weighted by Crippen LogP contribution is 2.36. The number of carbonyl (C=O) groups excluding carboxylic acids is 2. The van der Waals surface area contributed by atoms with E-state index in [1.807, 2.05) is 0 Å². The van der Waals surface area contributed by atoms with Gasteiger partial charge in [-0.15, -0.1) is 0 Å². The molecule has 0 aliphatic carbocycles. The number of aromatic nitrogens is 2. The fourth-order valence-corrected chi connectivity index (χ4v) is 4.30. The molecule has 0 radical (unpaired) electrons. The molecule has 4 rings (SSSR count). The van der Waals surface area contributed by atoms with Crippen LogP contribution < -0.4 is 10.6 Å². The quantitative estimate of drug-likeness (QED) is 0.331. The van der Waals surface area contributed by atoms with E-state index >= 15 is 0 Å². The molecule has 7 nitrogen and oxygen atoms in total. The molecule has 0 saturated carbocycles. The van der Waals surface area contributed by atoms with Crippen LogP contribution in [0.4, 0.5) is 24.5 Å². The third-order valence-corrected chi connectivity index (χ3v) is 6.36. The molecule has 1 aliphatic rings. The van der Waals surface area contributed by atoms with Crippen molar-refractivity contribution in [1.82, 2.24) is 15.5 Å². The molecule has 10 heteroatoms. The van der Waals surface area contributed by atoms with Crippen molar-refractivity contribution < 1.29 is 27.5 Å². The molecule has 2 heterocycles. The number of hydrogen-bond donors (Lipinski definition) is 3. The number of halogens is 3. The van der Waals surface area contributed by atoms with Crippen LogP contribution in [0.25, 0.3) is 0 Å². The molecule has 3 aromatic rings. The summed E-state index contributed by atoms with van der Waals surface area (Å²) < 4.78 is 45.2. The lowest BCUT2D eigenvalue weighted by Gasteiger charge is -2.26. The maximum atomic E-state index is 13.2. The molecular formula is C26H27F3N4O3. The van der Waals surface area contributed by atoms with Crippen LogP contribution in [0.3, 0.4) is 0 Å². The van der Waals surface area contributed by atoms with Gasteiger partial charge in [0.05, 0.1) is 23.3 Å². The molecule has 3 N–H and O–H groups in total. The first-order valence-corrected chi connectivity index (χ1v) is 11.7. The number of ether oxygens (including phenoxy) is 1. The molecule has 1 aliphatic heterocycles. The molecule has 0 bridgehead atoms. The molecule has 1 atom stereocenters. The Hall–Kier alpha value is -3.66. The Labute approximate surface area is 206 Å². The average molecular weight is 501 g/mol. The van der Waals surface area contributed by atoms with Gasteiger partial charge >= 0.3 is 6.18 Å². The predicted molar refractivity (Wildman–Crippen MR) is 128 cm³/mol. The largest absolute Gasteiger partial charge is 0.418 e. The SMILES string of the molecule is O=C(CCCC1(C(=O)NCc2ccc(Nc3ccccc3C(F)(F)F)cc2)CCOC1)c1ccn[nH]1. The summed E-state index contributed by atoms with van der Waals surface area (Å²) in [6, 6.07) is 13.8. The Balaban J connectivity index is 1.32. The molecule has 1 aromatic heterocycles. The minimum atomic E-state index is -4.46. The normalized spacial score (nSPS) is 17.6. The van der Waals surface area contributed by atoms with Crippen LogP contribution in [0.15, 0.2) is 60.8 Å². The molecular weight excluding hydrogens is 473 g/mol. The van der Waals surface area contributed by atoms with Crippen molar-refractivity contribution in [2.24, 2.45) is 5.41 Å². The van der Waals surface area contributed by atoms with E-state index in [1.54, 1.807) is 30.3 Å². The summed E-state index contributed by atoms with van der Waals surface area (Å²) in [5.74, 6) is -0.177. The number of alkyl halides is 3. The van der Waals surface area contributed by atoms with Gasteiger partial charge in [0.1, 0.15) is 5.69 Å². The van der Waals surface area contributed by atoms with Gasteiger partial charge in [0.2, 0.25) is 5.91 Å². The van der Waals surface area contributed by atoms with E-state index in [0.717, 1.165) is 11.6 Å². The first kappa shape index (κ1) is 25.4. The Morgan fingerprint density at radius 1 is 1.08 bits per heavy atom. The standard InChI is InChI=1S/C26H27F3N4O3/c27-26(28,29)20-4-1-2-5-21(20)32-19-9-7-18(8-10-19)16-30-24(35)25(13-15-36-17-25)12-3-6-23(34)22-11-14-31-33-22/h1-2,4-5,7-11,14,32H,3,6,12-13,15-17H2,(H,30,35)(H,31,33). The van der Waals surface area contributed by atoms with E-state index in [9.17, 15) is 22.8 Å². The van der Waals surface area contributed by atoms with Gasteiger partial charge in [0, 0.05) is 31.5 Å². The summed E-state index contributed by atoms with van der Waals surface area (Å²) in [5, 5.41) is 12.2. The zero-order chi connectivity index (χ0) is 25.6. The lowest BCUT2D eigenvalue weighted by atomic mass is 9.80. The van der Waals surface area contributed by atoms with Gasteiger partial charge in [0.25, 0.3) is 0 Å². The number of aromatic amines is 1. The molecule has 1 saturated heterocycles. The van der Waals surface area contributed by atoms with E-state index in [1.165, 1.54) is 24.4 Å². The second-order valence-electron chi connectivity index (χ2n) is 8.88. The summed E-state index contributed by atoms with van der Waals surface area (Å²) in [6.45, 7) is 1.06. The smallest absolute Gasteiger partial charge is 0.380 e. The van der Waals surface area contributed by atoms with Crippen LogP contribution in [-0.2, 0) is 22.3 Å². The number of rotatable bonds is 10. The zero-order valence-corrected chi connectivity index (χ0v) is 19.5. The summed E-state index contributed by atoms with van der Waals surface area (Å²) >= 11 is 0. The van der Waals surface area contributed by atoms with Gasteiger partial charge in [-0.2, -0.15) is 18.3 Å². The summed E-state index contributed by atoms with van der Waals surface area (Å²) in [7, 11) is 0. The minimum absolute atomic E-state index is 0.0276. The highest BCUT2D eigenvalue weighted by Gasteiger charge is 2.41. The van der Waals surface area contributed by atoms with E-state index in [2.05, 4.69) is 20.8 Å². The summed E-state index contributed by atoms with van der Waals surface area (Å²) in [5.41, 5.74) is 0.315. The van der Waals surface area contributed by atoms with E-state index in [-0.39, 0.29) is 23.9 Å². The number of Topliss-reactive ketones (excluding diaryl/α,β-unsaturated/α-hetero) is 1. The average Bonchev–Trinajstić information content (AvgIpc) is 3.56. The van der Waals surface area contributed by atoms with Gasteiger partial charge in [-0.3, -0.25) is 14.7 Å². The maximum absolute atomic E-state index is 13.2. The summed E-state index contributed by atoms with van der Waals surface area (Å²) in [4.78, 5) is 25.3. The van der Waals surface area contributed by atoms with Crippen molar-refractivity contribution in [3.05, 3.63) is 77.6 Å². The predicted octanol–water partition coefficient (Wildman–Crippen LogP) is 5.25. The number of benzene rings is 2. The highest BCUT2D eigenvalue weighted by atomic mass is 19.4. The lowest BCUT2D eigenvalue weighted by Crippen LogP contribution is -2.41. The van der Waals surface area contributed by atoms with Crippen molar-refractivity contribution in [1.29, 1.82) is 0 Å². The second-order valence-corrected chi connectivity index (χ2v) is 8.88. The lowest BCUT2D eigenvalue weighted by molar-refractivity contribution is -0.137. The minimum Gasteiger partial charge on any atom is -0.380 e. The molecule has 1 amide bonds. The van der Waals surface area contributed by atoms with E-state index in [4.69, 9.17) is 4.74 Å². The van der Waals surface area contributed by atoms with Crippen molar-refractivity contribution >= 4 is 23.1 Å². The second kappa shape index (κ2) is 10.9. The fraction of sp³-hybridized carbons (Fsp3) is 0.346. The van der Waals surface area contributed by atoms with Crippen LogP contribution in [0.5, 0.6) is 0 Å². The first-order chi connectivity index (χ1) is 17.3. The zero-order valence-electron chi connectivity index (χ0n) is 19.5. The highest BCUT2D eigenvalue weighted by molar-refractivity contribution is 5.94. The van der Waals surface area contributed by atoms with Crippen molar-refractivity contribution in [3.8, 4) is 0 Å². The summed E-state index contributed by atoms with van der Waals surface area (Å²) in [6.07, 6.45) is -0.965. The monoisotopic (exact) mass is 500 g/mol. The number of amides is 1. The molecule has 1 fully saturated rings. The van der Waals surface area contributed by atoms with Crippen molar-refractivity contribution in [2.45, 2.75) is 38.4 Å². The van der Waals surface area contributed by atoms with Gasteiger partial charge in [-0.05, 0) is 55.2 Å². The van der Waals surface area contributed by atoms with Crippen LogP contribution in [0, 0.1) is 5.41 Å². The number of nitrogens with zero attached hydrogens (tertiary/aromatic N) is 1. The first-order valence-electron chi connectivity index (χ1n) is 11.7. The Bertz CT molecular complexity index is 1170. The molecule has 0 spiro atoms. The number of anilines is 2. The van der Waals surface area contributed by atoms with Crippen LogP contribution in [-0.4, -0.2) is 35.1 Å². The van der Waals surface area contributed by atoms with E-state index < -0.39 is 17.2 Å². The number of H-pyrrole nitrogens is 1. The van der Waals surface area contributed by atoms with Gasteiger partial charge in [-0.1, -0.05) is 24.3 Å². The topological polar surface area (TPSA) is 96.1 Å². The Morgan fingerprint density at radius 3 is 2.53 bits per heavy atom. The molecule has 36 heavy (non-hydrogen) atoms. The molecule has 2 aromatic carbocycles. The number of para-hydroxylation sites is 1. The van der Waals surface area contributed by atoms with Gasteiger partial charge in [0.15, 0.2) is 5.78 Å². The number of ketones is 1. The van der Waals surface area contributed by atoms with Crippen molar-refractivity contribution in [3.63, 3.8) is 0 Å². The Kier molecular flexibility index (Phi) is 7.73. The molecule has 190 valence electrons. The van der Waals surface area contributed by atoms with E-state index in [0.29, 0.717) is 50.3 Å². The fourth-order valence-electron chi connectivity index (χ4n) is 4.30. The van der Waals surface area contributed by atoms with Crippen molar-refractivity contribution in [2.75, 3.05) is 18.5 Å². The van der Waals surface area contributed by atoms with Gasteiger partial charge < -0.3 is 15.4 Å². The number of carbonyl (C=O) groups is 2. The third-order valence-electron chi connectivity index (χ3n) is 6.36. The van der Waals surface area contributed by atoms with Crippen LogP contribution >= 0.6 is 0 Å². The molecule has 1 unspecified atom stereocenters. The number of nitrogens with one attached hydrogen (secondary N) is 3. The van der Waals surface area contributed by atoms with Gasteiger partial charge in [-0.25, -0.2) is 0 Å². The van der Waals surface area contributed by atoms with Crippen LogP contribution in [0.2, 0.25) is 0 Å². The van der Waals surface area contributed by atoms with Crippen LogP contribution in [0.1, 0.15) is 47.3 Å². The number of hydrogen-bond acceptors (Lipinski definition) is 5. The maximum Gasteiger partial charge on any atom is 0.418 e.